The third kappa shape index (κ3) is 18.3. The molecule has 0 radical (unpaired) electrons. The van der Waals surface area contributed by atoms with Crippen LogP contribution < -0.4 is 31.6 Å². The molecule has 0 aliphatic carbocycles. The van der Waals surface area contributed by atoms with E-state index in [2.05, 4.69) is 35.2 Å². The van der Waals surface area contributed by atoms with Gasteiger partial charge in [-0.05, 0) is 76.9 Å². The molecule has 0 aliphatic heterocycles. The molecule has 0 amide bonds. The summed E-state index contributed by atoms with van der Waals surface area (Å²) in [5.41, 5.74) is 3.89. The molecule has 0 fully saturated rings. The topological polar surface area (TPSA) is 289 Å². The Labute approximate surface area is 365 Å². The average Bonchev–Trinajstić information content (AvgIpc) is 3.23. The van der Waals surface area contributed by atoms with Crippen molar-refractivity contribution in [1.29, 1.82) is 0 Å². The number of anilines is 1. The van der Waals surface area contributed by atoms with Crippen molar-refractivity contribution in [2.45, 2.75) is 83.8 Å². The van der Waals surface area contributed by atoms with Crippen LogP contribution in [0.3, 0.4) is 0 Å². The van der Waals surface area contributed by atoms with Gasteiger partial charge in [0.15, 0.2) is 34.6 Å². The monoisotopic (exact) mass is 924 g/mol. The largest absolute Gasteiger partial charge is 0.448 e. The van der Waals surface area contributed by atoms with Gasteiger partial charge in [-0.2, -0.15) is 4.98 Å². The normalized spacial score (nSPS) is 12.6. The van der Waals surface area contributed by atoms with Crippen LogP contribution in [-0.2, 0) is 9.84 Å². The van der Waals surface area contributed by atoms with Gasteiger partial charge in [0.1, 0.15) is 22.9 Å². The van der Waals surface area contributed by atoms with Gasteiger partial charge in [0.2, 0.25) is 20.9 Å². The van der Waals surface area contributed by atoms with Crippen LogP contribution in [0.15, 0.2) is 75.7 Å². The van der Waals surface area contributed by atoms with Crippen molar-refractivity contribution >= 4 is 37.9 Å². The van der Waals surface area contributed by atoms with Gasteiger partial charge in [-0.25, -0.2) is 40.9 Å². The maximum Gasteiger partial charge on any atom is 0.292 e. The van der Waals surface area contributed by atoms with E-state index in [1.807, 2.05) is 13.8 Å². The lowest BCUT2D eigenvalue weighted by Gasteiger charge is -2.11. The summed E-state index contributed by atoms with van der Waals surface area (Å²) in [6.07, 6.45) is 5.05. The summed E-state index contributed by atoms with van der Waals surface area (Å²) in [5, 5.41) is 36.9. The lowest BCUT2D eigenvalue weighted by atomic mass is 10.3. The first-order chi connectivity index (χ1) is 30.0. The molecule has 0 spiro atoms. The highest BCUT2D eigenvalue weighted by molar-refractivity contribution is 7.90. The lowest BCUT2D eigenvalue weighted by Crippen LogP contribution is -2.21. The minimum Gasteiger partial charge on any atom is -0.448 e. The van der Waals surface area contributed by atoms with E-state index in [4.69, 9.17) is 35.6 Å². The molecular formula is C41H52F4N8O10S. The SMILES string of the molecule is CC[C@H](C)O.CC[C@H](C)O.CS(=O)(=O)c1ncc2cc(Oc3ccc(F)cc3F)c(=O)[nH]c2n1.C[C@@H](N)CO.C[C@H](CO)Nc1ncc2cc(Oc3ccc(F)cc3F)c(=O)[nH]c2n1. The number of nitrogens with two attached hydrogens (primary N) is 1. The number of aromatic nitrogens is 6. The number of halogens is 4. The van der Waals surface area contributed by atoms with E-state index in [9.17, 15) is 35.6 Å². The number of hydrogen-bond donors (Lipinski definition) is 8. The number of fused-ring (bicyclic) bond motifs is 2. The standard InChI is InChI=1S/C16H14F2N4O3.C14H9F2N3O4S.2C4H10O.C3H9NO/c1-8(7-23)20-16-19-6-9-4-13(15(24)21-14(9)22-16)25-12-3-2-10(17)5-11(12)18;1-24(21,22)14-17-6-7-4-11(13(20)18-12(7)19-14)23-10-3-2-8(15)5-9(10)16;2*1-3-4(2)5;1-3(4)2-5/h2-6,8,23H,7H2,1H3,(H2,19,20,21,22,24);2-6H,1H3,(H,17,18,19,20);2*4-5H,3H2,1-2H3;3,5H,2,4H2,1H3/t8-;;2*4-;3-/m1.001/s1. The highest BCUT2D eigenvalue weighted by atomic mass is 32.2. The van der Waals surface area contributed by atoms with E-state index >= 15 is 0 Å². The molecule has 0 bridgehead atoms. The quantitative estimate of drug-likeness (QED) is 0.0636. The summed E-state index contributed by atoms with van der Waals surface area (Å²) < 4.78 is 86.3. The maximum absolute atomic E-state index is 13.7. The maximum atomic E-state index is 13.7. The fraction of sp³-hybridized carbons (Fsp3) is 0.366. The molecule has 64 heavy (non-hydrogen) atoms. The Morgan fingerprint density at radius 3 is 1.47 bits per heavy atom. The zero-order valence-electron chi connectivity index (χ0n) is 35.9. The molecule has 0 saturated heterocycles. The molecule has 350 valence electrons. The summed E-state index contributed by atoms with van der Waals surface area (Å²) in [7, 11) is -3.64. The third-order valence-electron chi connectivity index (χ3n) is 7.77. The van der Waals surface area contributed by atoms with Crippen LogP contribution in [0.2, 0.25) is 0 Å². The van der Waals surface area contributed by atoms with Crippen molar-refractivity contribution < 1.29 is 55.9 Å². The summed E-state index contributed by atoms with van der Waals surface area (Å²) >= 11 is 0. The summed E-state index contributed by atoms with van der Waals surface area (Å²) in [4.78, 5) is 44.6. The van der Waals surface area contributed by atoms with Crippen molar-refractivity contribution in [2.75, 3.05) is 24.8 Å². The second-order valence-corrected chi connectivity index (χ2v) is 15.8. The van der Waals surface area contributed by atoms with Crippen molar-refractivity contribution in [1.82, 2.24) is 29.9 Å². The molecule has 9 N–H and O–H groups in total. The molecule has 4 atom stereocenters. The zero-order chi connectivity index (χ0) is 48.3. The van der Waals surface area contributed by atoms with Gasteiger partial charge in [0.05, 0.1) is 25.4 Å². The first-order valence-electron chi connectivity index (χ1n) is 19.4. The van der Waals surface area contributed by atoms with Gasteiger partial charge in [-0.15, -0.1) is 0 Å². The fourth-order valence-corrected chi connectivity index (χ4v) is 4.45. The molecule has 6 aromatic rings. The number of rotatable bonds is 11. The van der Waals surface area contributed by atoms with Gasteiger partial charge < -0.3 is 50.9 Å². The molecule has 0 unspecified atom stereocenters. The first-order valence-corrected chi connectivity index (χ1v) is 21.3. The number of ether oxygens (including phenoxy) is 2. The van der Waals surface area contributed by atoms with E-state index in [0.29, 0.717) is 17.5 Å². The number of benzene rings is 2. The van der Waals surface area contributed by atoms with Crippen LogP contribution in [0.5, 0.6) is 23.0 Å². The number of nitrogens with zero attached hydrogens (tertiary/aromatic N) is 4. The second-order valence-electron chi connectivity index (χ2n) is 13.9. The van der Waals surface area contributed by atoms with Crippen molar-refractivity contribution in [3.05, 3.63) is 105 Å². The van der Waals surface area contributed by atoms with Crippen LogP contribution in [0, 0.1) is 23.3 Å². The zero-order valence-corrected chi connectivity index (χ0v) is 36.8. The Morgan fingerprint density at radius 1 is 0.703 bits per heavy atom. The van der Waals surface area contributed by atoms with E-state index in [1.165, 1.54) is 24.5 Å². The van der Waals surface area contributed by atoms with Crippen LogP contribution >= 0.6 is 0 Å². The molecule has 0 aliphatic rings. The molecule has 18 nitrogen and oxygen atoms in total. The molecule has 6 rings (SSSR count). The second kappa shape index (κ2) is 25.9. The number of nitrogens with one attached hydrogen (secondary N) is 3. The Hall–Kier alpha value is -6.11. The minimum atomic E-state index is -3.64. The number of aromatic amines is 2. The highest BCUT2D eigenvalue weighted by Crippen LogP contribution is 2.26. The summed E-state index contributed by atoms with van der Waals surface area (Å²) in [6.45, 7) is 10.9. The average molecular weight is 925 g/mol. The number of aliphatic hydroxyl groups is 4. The summed E-state index contributed by atoms with van der Waals surface area (Å²) in [5.74, 6) is -4.25. The molecule has 4 heterocycles. The summed E-state index contributed by atoms with van der Waals surface area (Å²) in [6, 6.07) is 7.68. The Kier molecular flexibility index (Phi) is 21.8. The third-order valence-corrected chi connectivity index (χ3v) is 8.63. The molecular weight excluding hydrogens is 873 g/mol. The Balaban J connectivity index is 0.000000335. The number of aliphatic hydroxyl groups excluding tert-OH is 4. The number of pyridine rings is 2. The van der Waals surface area contributed by atoms with Crippen molar-refractivity contribution in [2.24, 2.45) is 5.73 Å². The number of hydrogen-bond acceptors (Lipinski definition) is 16. The van der Waals surface area contributed by atoms with Crippen molar-refractivity contribution in [3.63, 3.8) is 0 Å². The highest BCUT2D eigenvalue weighted by Gasteiger charge is 2.16. The first kappa shape index (κ1) is 54.0. The van der Waals surface area contributed by atoms with Crippen LogP contribution in [0.1, 0.15) is 54.4 Å². The van der Waals surface area contributed by atoms with Crippen LogP contribution in [-0.4, -0.2) is 103 Å². The van der Waals surface area contributed by atoms with Crippen LogP contribution in [0.25, 0.3) is 22.1 Å². The Bertz CT molecular complexity index is 2630. The van der Waals surface area contributed by atoms with Gasteiger partial charge in [0, 0.05) is 53.6 Å². The molecule has 2 aromatic carbocycles. The molecule has 0 saturated carbocycles. The lowest BCUT2D eigenvalue weighted by molar-refractivity contribution is 0.190. The minimum absolute atomic E-state index is 0.0117. The molecule has 23 heteroatoms. The van der Waals surface area contributed by atoms with E-state index < -0.39 is 49.4 Å². The smallest absolute Gasteiger partial charge is 0.292 e. The molecule has 4 aromatic heterocycles. The van der Waals surface area contributed by atoms with E-state index in [-0.39, 0.29) is 83.1 Å². The van der Waals surface area contributed by atoms with E-state index in [1.54, 1.807) is 27.7 Å². The van der Waals surface area contributed by atoms with Crippen LogP contribution in [0.4, 0.5) is 23.5 Å². The van der Waals surface area contributed by atoms with Crippen molar-refractivity contribution in [3.8, 4) is 23.0 Å². The fourth-order valence-electron chi connectivity index (χ4n) is 3.95. The number of H-pyrrole nitrogens is 2. The Morgan fingerprint density at radius 2 is 1.11 bits per heavy atom. The predicted octanol–water partition coefficient (Wildman–Crippen LogP) is 4.85. The van der Waals surface area contributed by atoms with Gasteiger partial charge in [0.25, 0.3) is 11.1 Å². The number of sulfone groups is 1. The van der Waals surface area contributed by atoms with Gasteiger partial charge in [-0.3, -0.25) is 9.59 Å². The predicted molar refractivity (Wildman–Crippen MR) is 231 cm³/mol. The van der Waals surface area contributed by atoms with Gasteiger partial charge >= 0.3 is 0 Å². The van der Waals surface area contributed by atoms with E-state index in [0.717, 1.165) is 43.4 Å². The van der Waals surface area contributed by atoms with Gasteiger partial charge in [-0.1, -0.05) is 13.8 Å².